The first-order valence-electron chi connectivity index (χ1n) is 7.48. The number of benzene rings is 1. The fourth-order valence-electron chi connectivity index (χ4n) is 2.60. The predicted molar refractivity (Wildman–Crippen MR) is 83.7 cm³/mol. The van der Waals surface area contributed by atoms with Gasteiger partial charge in [-0.2, -0.15) is 5.10 Å². The Morgan fingerprint density at radius 2 is 2.00 bits per heavy atom. The van der Waals surface area contributed by atoms with Gasteiger partial charge in [-0.3, -0.25) is 4.68 Å². The summed E-state index contributed by atoms with van der Waals surface area (Å²) in [6, 6.07) is 11.1. The van der Waals surface area contributed by atoms with Gasteiger partial charge in [-0.05, 0) is 38.3 Å². The van der Waals surface area contributed by atoms with Gasteiger partial charge >= 0.3 is 0 Å². The number of hydrogen-bond acceptors (Lipinski definition) is 2. The second kappa shape index (κ2) is 7.25. The second-order valence-electron chi connectivity index (χ2n) is 5.37. The van der Waals surface area contributed by atoms with E-state index in [-0.39, 0.29) is 0 Å². The number of hydrogen-bond donors (Lipinski definition) is 1. The highest BCUT2D eigenvalue weighted by Crippen LogP contribution is 2.21. The van der Waals surface area contributed by atoms with Crippen LogP contribution in [0.2, 0.25) is 0 Å². The minimum Gasteiger partial charge on any atom is -0.310 e. The zero-order chi connectivity index (χ0) is 14.4. The Bertz CT molecular complexity index is 516. The second-order valence-corrected chi connectivity index (χ2v) is 5.37. The third kappa shape index (κ3) is 3.94. The molecule has 2 rings (SSSR count). The number of aromatic nitrogens is 2. The molecular weight excluding hydrogens is 246 g/mol. The molecule has 2 aromatic rings. The van der Waals surface area contributed by atoms with Gasteiger partial charge in [-0.15, -0.1) is 0 Å². The molecule has 108 valence electrons. The maximum atomic E-state index is 4.47. The summed E-state index contributed by atoms with van der Waals surface area (Å²) in [7, 11) is 1.99. The molecule has 0 amide bonds. The van der Waals surface area contributed by atoms with Crippen molar-refractivity contribution in [3.8, 4) is 0 Å². The minimum atomic E-state index is 0.392. The molecule has 1 aromatic carbocycles. The number of nitrogens with one attached hydrogen (secondary N) is 1. The molecule has 1 unspecified atom stereocenters. The van der Waals surface area contributed by atoms with Crippen LogP contribution in [0.3, 0.4) is 0 Å². The van der Waals surface area contributed by atoms with Gasteiger partial charge in [-0.1, -0.05) is 37.3 Å². The van der Waals surface area contributed by atoms with Gasteiger partial charge in [0.05, 0.1) is 5.69 Å². The third-order valence-electron chi connectivity index (χ3n) is 3.63. The van der Waals surface area contributed by atoms with Crippen LogP contribution in [0.25, 0.3) is 0 Å². The zero-order valence-electron chi connectivity index (χ0n) is 12.8. The molecule has 3 nitrogen and oxygen atoms in total. The van der Waals surface area contributed by atoms with Crippen molar-refractivity contribution >= 4 is 0 Å². The van der Waals surface area contributed by atoms with Gasteiger partial charge in [0.25, 0.3) is 0 Å². The highest BCUT2D eigenvalue weighted by atomic mass is 15.3. The smallest absolute Gasteiger partial charge is 0.0641 e. The van der Waals surface area contributed by atoms with Crippen molar-refractivity contribution in [2.75, 3.05) is 6.54 Å². The lowest BCUT2D eigenvalue weighted by molar-refractivity contribution is 0.497. The van der Waals surface area contributed by atoms with Gasteiger partial charge in [0, 0.05) is 24.8 Å². The van der Waals surface area contributed by atoms with E-state index >= 15 is 0 Å². The van der Waals surface area contributed by atoms with Crippen molar-refractivity contribution in [1.29, 1.82) is 0 Å². The van der Waals surface area contributed by atoms with Crippen LogP contribution < -0.4 is 5.32 Å². The topological polar surface area (TPSA) is 29.9 Å². The lowest BCUT2D eigenvalue weighted by atomic mass is 9.99. The minimum absolute atomic E-state index is 0.392. The van der Waals surface area contributed by atoms with Crippen LogP contribution in [-0.2, 0) is 13.5 Å². The molecule has 1 N–H and O–H groups in total. The molecule has 0 bridgehead atoms. The van der Waals surface area contributed by atoms with Crippen LogP contribution in [-0.4, -0.2) is 16.3 Å². The molecule has 0 spiro atoms. The summed E-state index contributed by atoms with van der Waals surface area (Å²) < 4.78 is 1.91. The summed E-state index contributed by atoms with van der Waals surface area (Å²) in [4.78, 5) is 0. The summed E-state index contributed by atoms with van der Waals surface area (Å²) in [5.74, 6) is 0. The van der Waals surface area contributed by atoms with Gasteiger partial charge in [-0.25, -0.2) is 0 Å². The Morgan fingerprint density at radius 3 is 2.60 bits per heavy atom. The average molecular weight is 271 g/mol. The molecule has 1 aromatic heterocycles. The van der Waals surface area contributed by atoms with E-state index in [1.807, 2.05) is 11.7 Å². The first-order chi connectivity index (χ1) is 9.70. The molecule has 0 fully saturated rings. The zero-order valence-corrected chi connectivity index (χ0v) is 12.8. The summed E-state index contributed by atoms with van der Waals surface area (Å²) in [5, 5.41) is 8.13. The molecule has 0 aliphatic rings. The molecule has 0 radical (unpaired) electrons. The summed E-state index contributed by atoms with van der Waals surface area (Å²) >= 11 is 0. The van der Waals surface area contributed by atoms with E-state index in [1.54, 1.807) is 0 Å². The quantitative estimate of drug-likeness (QED) is 0.836. The maximum absolute atomic E-state index is 4.47. The van der Waals surface area contributed by atoms with Gasteiger partial charge in [0.1, 0.15) is 0 Å². The van der Waals surface area contributed by atoms with Crippen molar-refractivity contribution in [2.24, 2.45) is 7.05 Å². The Morgan fingerprint density at radius 1 is 1.25 bits per heavy atom. The molecule has 1 atom stereocenters. The Balaban J connectivity index is 2.05. The molecule has 0 saturated carbocycles. The van der Waals surface area contributed by atoms with Crippen molar-refractivity contribution in [2.45, 2.75) is 39.2 Å². The highest BCUT2D eigenvalue weighted by molar-refractivity contribution is 5.21. The molecule has 20 heavy (non-hydrogen) atoms. The fourth-order valence-corrected chi connectivity index (χ4v) is 2.60. The van der Waals surface area contributed by atoms with Crippen molar-refractivity contribution < 1.29 is 0 Å². The van der Waals surface area contributed by atoms with Crippen LogP contribution in [0.15, 0.2) is 36.5 Å². The number of nitrogens with zero attached hydrogens (tertiary/aromatic N) is 2. The molecule has 0 aliphatic heterocycles. The predicted octanol–water partition coefficient (Wildman–Crippen LogP) is 3.40. The van der Waals surface area contributed by atoms with Crippen molar-refractivity contribution in [3.05, 3.63) is 53.3 Å². The first-order valence-corrected chi connectivity index (χ1v) is 7.48. The van der Waals surface area contributed by atoms with E-state index in [0.717, 1.165) is 31.5 Å². The highest BCUT2D eigenvalue weighted by Gasteiger charge is 2.15. The monoisotopic (exact) mass is 271 g/mol. The van der Waals surface area contributed by atoms with E-state index in [4.69, 9.17) is 0 Å². The summed E-state index contributed by atoms with van der Waals surface area (Å²) in [5.41, 5.74) is 3.86. The number of rotatable bonds is 7. The number of aryl methyl sites for hydroxylation is 3. The summed E-state index contributed by atoms with van der Waals surface area (Å²) in [6.07, 6.45) is 5.50. The Hall–Kier alpha value is -1.61. The van der Waals surface area contributed by atoms with Gasteiger partial charge < -0.3 is 5.32 Å². The van der Waals surface area contributed by atoms with Crippen molar-refractivity contribution in [3.63, 3.8) is 0 Å². The van der Waals surface area contributed by atoms with Gasteiger partial charge in [0.15, 0.2) is 0 Å². The van der Waals surface area contributed by atoms with E-state index in [1.165, 1.54) is 11.1 Å². The molecule has 0 saturated heterocycles. The Kier molecular flexibility index (Phi) is 5.36. The van der Waals surface area contributed by atoms with Crippen LogP contribution >= 0.6 is 0 Å². The first kappa shape index (κ1) is 14.8. The molecular formula is C17H25N3. The van der Waals surface area contributed by atoms with E-state index in [2.05, 4.69) is 60.8 Å². The molecule has 1 heterocycles. The molecule has 0 aliphatic carbocycles. The largest absolute Gasteiger partial charge is 0.310 e. The van der Waals surface area contributed by atoms with E-state index in [0.29, 0.717) is 6.04 Å². The van der Waals surface area contributed by atoms with Crippen molar-refractivity contribution in [1.82, 2.24) is 15.1 Å². The normalized spacial score (nSPS) is 12.6. The standard InChI is InChI=1S/C17H25N3/c1-4-12-18-17(16-13-20(3)19-14(16)2)11-10-15-8-6-5-7-9-15/h5-9,13,17-18H,4,10-12H2,1-3H3. The Labute approximate surface area is 122 Å². The van der Waals surface area contributed by atoms with Crippen LogP contribution in [0, 0.1) is 6.92 Å². The van der Waals surface area contributed by atoms with Crippen LogP contribution in [0.4, 0.5) is 0 Å². The fraction of sp³-hybridized carbons (Fsp3) is 0.471. The van der Waals surface area contributed by atoms with E-state index in [9.17, 15) is 0 Å². The van der Waals surface area contributed by atoms with E-state index < -0.39 is 0 Å². The summed E-state index contributed by atoms with van der Waals surface area (Å²) in [6.45, 7) is 5.35. The van der Waals surface area contributed by atoms with Crippen LogP contribution in [0.5, 0.6) is 0 Å². The molecule has 3 heteroatoms. The van der Waals surface area contributed by atoms with Crippen LogP contribution in [0.1, 0.15) is 42.6 Å². The third-order valence-corrected chi connectivity index (χ3v) is 3.63. The average Bonchev–Trinajstić information content (AvgIpc) is 2.79. The lowest BCUT2D eigenvalue weighted by Crippen LogP contribution is -2.23. The maximum Gasteiger partial charge on any atom is 0.0641 e. The SMILES string of the molecule is CCCNC(CCc1ccccc1)c1cn(C)nc1C. The van der Waals surface area contributed by atoms with Gasteiger partial charge in [0.2, 0.25) is 0 Å². The lowest BCUT2D eigenvalue weighted by Gasteiger charge is -2.18.